The van der Waals surface area contributed by atoms with Gasteiger partial charge in [0.25, 0.3) is 0 Å². The van der Waals surface area contributed by atoms with Crippen LogP contribution >= 0.6 is 0 Å². The molecule has 0 radical (unpaired) electrons. The predicted octanol–water partition coefficient (Wildman–Crippen LogP) is 4.35. The molecule has 3 saturated carbocycles. The first kappa shape index (κ1) is 14.6. The molecule has 3 fully saturated rings. The van der Waals surface area contributed by atoms with Crippen molar-refractivity contribution >= 4 is 5.97 Å². The summed E-state index contributed by atoms with van der Waals surface area (Å²) in [6.45, 7) is 6.79. The molecule has 0 heterocycles. The van der Waals surface area contributed by atoms with Crippen molar-refractivity contribution in [2.24, 2.45) is 29.6 Å². The maximum atomic E-state index is 12.4. The van der Waals surface area contributed by atoms with Crippen molar-refractivity contribution < 1.29 is 9.90 Å². The van der Waals surface area contributed by atoms with Crippen LogP contribution in [-0.2, 0) is 10.2 Å². The number of carboxylic acids is 1. The van der Waals surface area contributed by atoms with Gasteiger partial charge in [0.05, 0.1) is 5.41 Å². The van der Waals surface area contributed by atoms with Crippen LogP contribution < -0.4 is 0 Å². The summed E-state index contributed by atoms with van der Waals surface area (Å²) in [5.74, 6) is 1.81. The Morgan fingerprint density at radius 2 is 1.90 bits per heavy atom. The summed E-state index contributed by atoms with van der Waals surface area (Å²) in [5, 5.41) is 10.2. The van der Waals surface area contributed by atoms with Gasteiger partial charge in [0.15, 0.2) is 0 Å². The van der Waals surface area contributed by atoms with E-state index in [1.165, 1.54) is 12.8 Å². The lowest BCUT2D eigenvalue weighted by Crippen LogP contribution is -2.58. The maximum absolute atomic E-state index is 12.4. The Labute approximate surface area is 127 Å². The van der Waals surface area contributed by atoms with E-state index in [2.05, 4.69) is 20.8 Å². The van der Waals surface area contributed by atoms with Crippen LogP contribution in [-0.4, -0.2) is 11.1 Å². The summed E-state index contributed by atoms with van der Waals surface area (Å²) in [6.07, 6.45) is 3.24. The van der Waals surface area contributed by atoms with Crippen LogP contribution in [0.15, 0.2) is 30.3 Å². The molecule has 1 aromatic carbocycles. The molecule has 114 valence electrons. The van der Waals surface area contributed by atoms with Gasteiger partial charge >= 0.3 is 5.97 Å². The normalized spacial score (nSPS) is 38.7. The molecule has 5 unspecified atom stereocenters. The van der Waals surface area contributed by atoms with Gasteiger partial charge in [0.1, 0.15) is 0 Å². The van der Waals surface area contributed by atoms with Crippen LogP contribution in [0.5, 0.6) is 0 Å². The molecule has 0 amide bonds. The molecule has 21 heavy (non-hydrogen) atoms. The lowest BCUT2D eigenvalue weighted by Gasteiger charge is -2.57. The van der Waals surface area contributed by atoms with Crippen molar-refractivity contribution in [2.45, 2.75) is 45.4 Å². The molecule has 5 atom stereocenters. The highest BCUT2D eigenvalue weighted by molar-refractivity contribution is 5.82. The number of benzene rings is 1. The first-order valence-corrected chi connectivity index (χ1v) is 8.25. The summed E-state index contributed by atoms with van der Waals surface area (Å²) >= 11 is 0. The molecule has 3 aliphatic carbocycles. The number of hydrogen-bond donors (Lipinski definition) is 1. The lowest BCUT2D eigenvalue weighted by atomic mass is 9.45. The molecule has 3 aliphatic rings. The third-order valence-electron chi connectivity index (χ3n) is 6.09. The summed E-state index contributed by atoms with van der Waals surface area (Å²) in [6, 6.07) is 10.00. The second-order valence-electron chi connectivity index (χ2n) is 7.60. The van der Waals surface area contributed by atoms with Crippen molar-refractivity contribution in [1.82, 2.24) is 0 Å². The molecular weight excluding hydrogens is 260 g/mol. The Balaban J connectivity index is 2.14. The van der Waals surface area contributed by atoms with Gasteiger partial charge in [-0.2, -0.15) is 0 Å². The number of hydrogen-bond acceptors (Lipinski definition) is 1. The van der Waals surface area contributed by atoms with Gasteiger partial charge in [0, 0.05) is 0 Å². The average molecular weight is 286 g/mol. The van der Waals surface area contributed by atoms with E-state index in [0.29, 0.717) is 23.7 Å². The summed E-state index contributed by atoms with van der Waals surface area (Å²) < 4.78 is 0. The van der Waals surface area contributed by atoms with E-state index in [9.17, 15) is 9.90 Å². The molecule has 0 aliphatic heterocycles. The van der Waals surface area contributed by atoms with E-state index >= 15 is 0 Å². The van der Waals surface area contributed by atoms with E-state index in [4.69, 9.17) is 0 Å². The predicted molar refractivity (Wildman–Crippen MR) is 84.1 cm³/mol. The van der Waals surface area contributed by atoms with Crippen LogP contribution in [0.25, 0.3) is 0 Å². The van der Waals surface area contributed by atoms with Crippen LogP contribution in [0.1, 0.15) is 45.6 Å². The second kappa shape index (κ2) is 5.15. The van der Waals surface area contributed by atoms with E-state index in [-0.39, 0.29) is 5.92 Å². The highest BCUT2D eigenvalue weighted by atomic mass is 16.4. The zero-order valence-electron chi connectivity index (χ0n) is 13.3. The largest absolute Gasteiger partial charge is 0.481 e. The Kier molecular flexibility index (Phi) is 3.59. The fourth-order valence-corrected chi connectivity index (χ4v) is 5.42. The molecular formula is C19H26O2. The molecule has 2 heteroatoms. The second-order valence-corrected chi connectivity index (χ2v) is 7.60. The topological polar surface area (TPSA) is 37.3 Å². The minimum Gasteiger partial charge on any atom is -0.481 e. The van der Waals surface area contributed by atoms with Crippen molar-refractivity contribution in [1.29, 1.82) is 0 Å². The molecule has 2 bridgehead atoms. The Bertz CT molecular complexity index is 522. The minimum atomic E-state index is -0.670. The van der Waals surface area contributed by atoms with Gasteiger partial charge in [-0.1, -0.05) is 51.1 Å². The molecule has 2 nitrogen and oxygen atoms in total. The first-order valence-electron chi connectivity index (χ1n) is 8.25. The highest BCUT2D eigenvalue weighted by Gasteiger charge is 2.60. The van der Waals surface area contributed by atoms with Crippen molar-refractivity contribution in [2.75, 3.05) is 0 Å². The van der Waals surface area contributed by atoms with E-state index in [1.54, 1.807) is 0 Å². The standard InChI is InChI=1S/C19H26O2/c1-12(2)16-10-14-9-13(3)17(16)19(11-14,18(20)21)15-7-5-4-6-8-15/h4-8,12-14,16-17H,9-11H2,1-3H3,(H,20,21). The molecule has 1 aromatic rings. The summed E-state index contributed by atoms with van der Waals surface area (Å²) in [7, 11) is 0. The molecule has 0 aromatic heterocycles. The highest BCUT2D eigenvalue weighted by Crippen LogP contribution is 2.60. The quantitative estimate of drug-likeness (QED) is 0.897. The number of aliphatic carboxylic acids is 1. The number of carbonyl (C=O) groups is 1. The SMILES string of the molecule is CC(C)C1CC2CC(C)C1C(C(=O)O)(c1ccccc1)C2. The van der Waals surface area contributed by atoms with Gasteiger partial charge in [-0.05, 0) is 54.4 Å². The monoisotopic (exact) mass is 286 g/mol. The Hall–Kier alpha value is -1.31. The van der Waals surface area contributed by atoms with Gasteiger partial charge < -0.3 is 5.11 Å². The van der Waals surface area contributed by atoms with E-state index < -0.39 is 11.4 Å². The number of fused-ring (bicyclic) bond motifs is 3. The van der Waals surface area contributed by atoms with Crippen molar-refractivity contribution in [3.8, 4) is 0 Å². The molecule has 4 rings (SSSR count). The number of rotatable bonds is 3. The third kappa shape index (κ3) is 2.11. The van der Waals surface area contributed by atoms with Gasteiger partial charge in [-0.25, -0.2) is 0 Å². The smallest absolute Gasteiger partial charge is 0.314 e. The lowest BCUT2D eigenvalue weighted by molar-refractivity contribution is -0.159. The van der Waals surface area contributed by atoms with Crippen LogP contribution in [0.2, 0.25) is 0 Å². The average Bonchev–Trinajstić information content (AvgIpc) is 2.47. The van der Waals surface area contributed by atoms with Crippen molar-refractivity contribution in [3.05, 3.63) is 35.9 Å². The summed E-state index contributed by atoms with van der Waals surface area (Å²) in [5.41, 5.74) is 0.348. The molecule has 0 spiro atoms. The zero-order valence-corrected chi connectivity index (χ0v) is 13.3. The van der Waals surface area contributed by atoms with Crippen molar-refractivity contribution in [3.63, 3.8) is 0 Å². The minimum absolute atomic E-state index is 0.266. The van der Waals surface area contributed by atoms with Gasteiger partial charge in [-0.15, -0.1) is 0 Å². The fourth-order valence-electron chi connectivity index (χ4n) is 5.42. The van der Waals surface area contributed by atoms with Crippen LogP contribution in [0.3, 0.4) is 0 Å². The zero-order chi connectivity index (χ0) is 15.2. The van der Waals surface area contributed by atoms with Gasteiger partial charge in [-0.3, -0.25) is 4.79 Å². The maximum Gasteiger partial charge on any atom is 0.314 e. The number of carboxylic acid groups (broad SMARTS) is 1. The molecule has 0 saturated heterocycles. The van der Waals surface area contributed by atoms with Gasteiger partial charge in [0.2, 0.25) is 0 Å². The fraction of sp³-hybridized carbons (Fsp3) is 0.632. The Morgan fingerprint density at radius 1 is 1.24 bits per heavy atom. The Morgan fingerprint density at radius 3 is 2.43 bits per heavy atom. The van der Waals surface area contributed by atoms with E-state index in [1.807, 2.05) is 30.3 Å². The van der Waals surface area contributed by atoms with Crippen LogP contribution in [0.4, 0.5) is 0 Å². The first-order chi connectivity index (χ1) is 9.96. The van der Waals surface area contributed by atoms with E-state index in [0.717, 1.165) is 12.0 Å². The van der Waals surface area contributed by atoms with Crippen LogP contribution in [0, 0.1) is 29.6 Å². The molecule has 1 N–H and O–H groups in total. The third-order valence-corrected chi connectivity index (χ3v) is 6.09. The summed E-state index contributed by atoms with van der Waals surface area (Å²) in [4.78, 5) is 12.4.